The second kappa shape index (κ2) is 9.85. The molecule has 0 amide bonds. The molecule has 0 bridgehead atoms. The van der Waals surface area contributed by atoms with Crippen LogP contribution < -0.4 is 0 Å². The average molecular weight is 434 g/mol. The van der Waals surface area contributed by atoms with Crippen LogP contribution in [-0.2, 0) is 14.3 Å². The van der Waals surface area contributed by atoms with Crippen LogP contribution in [0, 0.1) is 5.92 Å². The van der Waals surface area contributed by atoms with E-state index in [2.05, 4.69) is 0 Å². The van der Waals surface area contributed by atoms with Gasteiger partial charge in [0.2, 0.25) is 0 Å². The Kier molecular flexibility index (Phi) is 6.73. The number of ether oxygens (including phenoxy) is 2. The summed E-state index contributed by atoms with van der Waals surface area (Å²) in [5, 5.41) is 31.7. The number of hydrogen-bond acceptors (Lipinski definition) is 5. The Morgan fingerprint density at radius 3 is 2.56 bits per heavy atom. The summed E-state index contributed by atoms with van der Waals surface area (Å²) in [7, 11) is 0. The maximum Gasteiger partial charge on any atom is 0.303 e. The van der Waals surface area contributed by atoms with Gasteiger partial charge in [-0.2, -0.15) is 0 Å². The fourth-order valence-electron chi connectivity index (χ4n) is 4.11. The van der Waals surface area contributed by atoms with Crippen molar-refractivity contribution in [1.82, 2.24) is 0 Å². The Bertz CT molecular complexity index is 1120. The molecule has 3 aromatic carbocycles. The number of carboxylic acid groups (broad SMARTS) is 1. The minimum atomic E-state index is -0.830. The molecule has 1 fully saturated rings. The zero-order valence-electron chi connectivity index (χ0n) is 17.6. The number of aliphatic carboxylic acids is 1. The highest BCUT2D eigenvalue weighted by Crippen LogP contribution is 2.45. The number of allylic oxidation sites excluding steroid dienone is 2. The van der Waals surface area contributed by atoms with Crippen molar-refractivity contribution in [2.45, 2.75) is 31.7 Å². The highest BCUT2D eigenvalue weighted by molar-refractivity contribution is 5.87. The Morgan fingerprint density at radius 1 is 0.969 bits per heavy atom. The van der Waals surface area contributed by atoms with Gasteiger partial charge in [0.25, 0.3) is 0 Å². The lowest BCUT2D eigenvalue weighted by Gasteiger charge is -2.37. The molecule has 3 N–H and O–H groups in total. The lowest BCUT2D eigenvalue weighted by Crippen LogP contribution is -2.30. The summed E-state index contributed by atoms with van der Waals surface area (Å²) >= 11 is 0. The number of phenolic OH excluding ortho intramolecular Hbond substituents is 2. The van der Waals surface area contributed by atoms with E-state index in [-0.39, 0.29) is 23.8 Å². The monoisotopic (exact) mass is 434 g/mol. The molecular weight excluding hydrogens is 408 g/mol. The number of para-hydroxylation sites is 1. The van der Waals surface area contributed by atoms with Crippen LogP contribution in [0.3, 0.4) is 0 Å². The van der Waals surface area contributed by atoms with Crippen LogP contribution in [0.25, 0.3) is 10.8 Å². The van der Waals surface area contributed by atoms with E-state index in [0.717, 1.165) is 10.8 Å². The predicted octanol–water partition coefficient (Wildman–Crippen LogP) is 5.47. The van der Waals surface area contributed by atoms with E-state index in [9.17, 15) is 15.0 Å². The highest BCUT2D eigenvalue weighted by Gasteiger charge is 2.36. The quantitative estimate of drug-likeness (QED) is 0.427. The van der Waals surface area contributed by atoms with Gasteiger partial charge in [0.1, 0.15) is 11.5 Å². The summed E-state index contributed by atoms with van der Waals surface area (Å²) in [6.45, 7) is 0.357. The lowest BCUT2D eigenvalue weighted by molar-refractivity contribution is -0.244. The number of hydrogen-bond donors (Lipinski definition) is 3. The Labute approximate surface area is 186 Å². The molecule has 1 aliphatic rings. The minimum absolute atomic E-state index is 0.0828. The molecule has 1 aliphatic heterocycles. The van der Waals surface area contributed by atoms with Crippen LogP contribution in [0.15, 0.2) is 72.8 Å². The molecule has 1 saturated heterocycles. The van der Waals surface area contributed by atoms with Crippen LogP contribution in [-0.4, -0.2) is 27.9 Å². The fourth-order valence-corrected chi connectivity index (χ4v) is 4.11. The first-order valence-corrected chi connectivity index (χ1v) is 10.7. The normalized spacial score (nSPS) is 21.2. The van der Waals surface area contributed by atoms with Gasteiger partial charge in [0.15, 0.2) is 6.29 Å². The van der Waals surface area contributed by atoms with E-state index >= 15 is 0 Å². The predicted molar refractivity (Wildman–Crippen MR) is 120 cm³/mol. The summed E-state index contributed by atoms with van der Waals surface area (Å²) < 4.78 is 12.4. The Hall–Kier alpha value is -3.35. The van der Waals surface area contributed by atoms with Crippen molar-refractivity contribution in [2.24, 2.45) is 5.92 Å². The van der Waals surface area contributed by atoms with E-state index in [4.69, 9.17) is 14.6 Å². The minimum Gasteiger partial charge on any atom is -0.508 e. The molecule has 32 heavy (non-hydrogen) atoms. The molecule has 1 unspecified atom stereocenters. The second-order valence-electron chi connectivity index (χ2n) is 7.90. The fraction of sp³-hybridized carbons (Fsp3) is 0.269. The van der Waals surface area contributed by atoms with Gasteiger partial charge in [-0.1, -0.05) is 60.7 Å². The van der Waals surface area contributed by atoms with Gasteiger partial charge < -0.3 is 24.8 Å². The van der Waals surface area contributed by atoms with Crippen LogP contribution in [0.4, 0.5) is 0 Å². The van der Waals surface area contributed by atoms with E-state index in [1.54, 1.807) is 18.2 Å². The van der Waals surface area contributed by atoms with Crippen molar-refractivity contribution < 1.29 is 29.6 Å². The molecule has 166 valence electrons. The van der Waals surface area contributed by atoms with Gasteiger partial charge in [-0.25, -0.2) is 0 Å². The third-order valence-corrected chi connectivity index (χ3v) is 5.72. The molecule has 0 aromatic heterocycles. The average Bonchev–Trinajstić information content (AvgIpc) is 2.79. The van der Waals surface area contributed by atoms with Gasteiger partial charge >= 0.3 is 5.97 Å². The van der Waals surface area contributed by atoms with Crippen LogP contribution >= 0.6 is 0 Å². The maximum absolute atomic E-state index is 10.7. The largest absolute Gasteiger partial charge is 0.508 e. The molecule has 4 rings (SSSR count). The molecule has 0 spiro atoms. The Balaban J connectivity index is 1.62. The van der Waals surface area contributed by atoms with E-state index in [0.29, 0.717) is 30.6 Å². The number of carboxylic acids is 1. The number of carbonyl (C=O) groups is 1. The molecule has 0 saturated carbocycles. The molecule has 6 nitrogen and oxygen atoms in total. The molecule has 0 radical (unpaired) electrons. The van der Waals surface area contributed by atoms with E-state index in [1.807, 2.05) is 54.6 Å². The van der Waals surface area contributed by atoms with Crippen molar-refractivity contribution in [1.29, 1.82) is 0 Å². The third-order valence-electron chi connectivity index (χ3n) is 5.72. The van der Waals surface area contributed by atoms with Crippen LogP contribution in [0.1, 0.15) is 42.8 Å². The standard InChI is InChI=1S/C26H26O6/c27-21-12-7-6-11-20(21)25-18(9-2-1-3-13-23(29)30)16-31-26(32-25)24-19-10-5-4-8-17(19)14-15-22(24)28/h1-2,4-8,10-12,14-15,18,25-28H,3,9,13,16H2,(H,29,30)/b2-1-/t18-,25+,26?/m1/s1. The molecule has 3 aromatic rings. The zero-order valence-corrected chi connectivity index (χ0v) is 17.6. The highest BCUT2D eigenvalue weighted by atomic mass is 16.7. The van der Waals surface area contributed by atoms with Gasteiger partial charge in [-0.05, 0) is 35.7 Å². The van der Waals surface area contributed by atoms with Gasteiger partial charge in [0, 0.05) is 17.9 Å². The first kappa shape index (κ1) is 21.9. The molecular formula is C26H26O6. The zero-order chi connectivity index (χ0) is 22.5. The van der Waals surface area contributed by atoms with Crippen molar-refractivity contribution in [3.63, 3.8) is 0 Å². The molecule has 0 aliphatic carbocycles. The maximum atomic E-state index is 10.7. The number of aromatic hydroxyl groups is 2. The van der Waals surface area contributed by atoms with Crippen LogP contribution in [0.2, 0.25) is 0 Å². The summed E-state index contributed by atoms with van der Waals surface area (Å²) in [5.74, 6) is -0.682. The van der Waals surface area contributed by atoms with Gasteiger partial charge in [-0.3, -0.25) is 4.79 Å². The smallest absolute Gasteiger partial charge is 0.303 e. The summed E-state index contributed by atoms with van der Waals surface area (Å²) in [6.07, 6.45) is 3.67. The van der Waals surface area contributed by atoms with Crippen molar-refractivity contribution in [2.75, 3.05) is 6.61 Å². The lowest BCUT2D eigenvalue weighted by atomic mass is 9.91. The topological polar surface area (TPSA) is 96.2 Å². The third kappa shape index (κ3) is 4.77. The van der Waals surface area contributed by atoms with Crippen molar-refractivity contribution in [3.05, 3.63) is 83.9 Å². The van der Waals surface area contributed by atoms with E-state index < -0.39 is 18.4 Å². The van der Waals surface area contributed by atoms with Crippen molar-refractivity contribution >= 4 is 16.7 Å². The number of phenols is 2. The number of rotatable bonds is 7. The van der Waals surface area contributed by atoms with Crippen molar-refractivity contribution in [3.8, 4) is 11.5 Å². The van der Waals surface area contributed by atoms with Gasteiger partial charge in [0.05, 0.1) is 18.3 Å². The number of benzene rings is 3. The Morgan fingerprint density at radius 2 is 1.75 bits per heavy atom. The summed E-state index contributed by atoms with van der Waals surface area (Å²) in [4.78, 5) is 10.7. The van der Waals surface area contributed by atoms with Gasteiger partial charge in [-0.15, -0.1) is 0 Å². The molecule has 3 atom stereocenters. The van der Waals surface area contributed by atoms with E-state index in [1.165, 1.54) is 0 Å². The van der Waals surface area contributed by atoms with Crippen LogP contribution in [0.5, 0.6) is 11.5 Å². The first-order valence-electron chi connectivity index (χ1n) is 10.7. The molecule has 1 heterocycles. The second-order valence-corrected chi connectivity index (χ2v) is 7.90. The summed E-state index contributed by atoms with van der Waals surface area (Å²) in [5.41, 5.74) is 1.23. The molecule has 6 heteroatoms. The first-order chi connectivity index (χ1) is 15.5. The summed E-state index contributed by atoms with van der Waals surface area (Å²) in [6, 6.07) is 18.3. The SMILES string of the molecule is O=C(O)CC/C=C\C[C@@H]1COC(c2c(O)ccc3ccccc23)O[C@@H]1c1ccccc1O. The number of fused-ring (bicyclic) bond motifs is 1.